The van der Waals surface area contributed by atoms with Gasteiger partial charge < -0.3 is 15.5 Å². The van der Waals surface area contributed by atoms with E-state index in [4.69, 9.17) is 10.2 Å². The summed E-state index contributed by atoms with van der Waals surface area (Å²) in [5.41, 5.74) is 7.74. The Labute approximate surface area is 122 Å². The van der Waals surface area contributed by atoms with Crippen LogP contribution in [0.1, 0.15) is 26.7 Å². The van der Waals surface area contributed by atoms with E-state index in [1.54, 1.807) is 18.2 Å². The lowest BCUT2D eigenvalue weighted by Crippen LogP contribution is -2.31. The molecular formula is C14H19N3O2S. The zero-order valence-corrected chi connectivity index (χ0v) is 12.5. The molecule has 1 heterocycles. The highest BCUT2D eigenvalue weighted by Gasteiger charge is 2.17. The predicted octanol–water partition coefficient (Wildman–Crippen LogP) is 2.81. The van der Waals surface area contributed by atoms with E-state index in [2.05, 4.69) is 17.2 Å². The SMILES string of the molecule is CCCCNC(=O)C(C)Sc1nc2cc(N)ccc2o1. The number of carbonyl (C=O) groups is 1. The van der Waals surface area contributed by atoms with Crippen molar-refractivity contribution in [2.24, 2.45) is 0 Å². The number of carbonyl (C=O) groups excluding carboxylic acids is 1. The van der Waals surface area contributed by atoms with Crippen molar-refractivity contribution in [1.29, 1.82) is 0 Å². The Balaban J connectivity index is 1.98. The summed E-state index contributed by atoms with van der Waals surface area (Å²) in [7, 11) is 0. The molecule has 0 bridgehead atoms. The number of nitrogen functional groups attached to an aromatic ring is 1. The van der Waals surface area contributed by atoms with Crippen LogP contribution in [0, 0.1) is 0 Å². The van der Waals surface area contributed by atoms with Gasteiger partial charge in [-0.3, -0.25) is 4.79 Å². The van der Waals surface area contributed by atoms with Gasteiger partial charge in [-0.05, 0) is 31.5 Å². The summed E-state index contributed by atoms with van der Waals surface area (Å²) in [4.78, 5) is 16.2. The molecule has 5 nitrogen and oxygen atoms in total. The number of aromatic nitrogens is 1. The maximum atomic E-state index is 11.9. The normalized spacial score (nSPS) is 12.5. The lowest BCUT2D eigenvalue weighted by atomic mass is 10.3. The van der Waals surface area contributed by atoms with Gasteiger partial charge >= 0.3 is 0 Å². The Hall–Kier alpha value is -1.69. The number of amides is 1. The average molecular weight is 293 g/mol. The van der Waals surface area contributed by atoms with E-state index in [0.717, 1.165) is 12.8 Å². The monoisotopic (exact) mass is 293 g/mol. The molecule has 0 aliphatic carbocycles. The number of nitrogens with two attached hydrogens (primary N) is 1. The van der Waals surface area contributed by atoms with Crippen molar-refractivity contribution in [2.45, 2.75) is 37.2 Å². The van der Waals surface area contributed by atoms with Crippen LogP contribution < -0.4 is 11.1 Å². The zero-order valence-electron chi connectivity index (χ0n) is 11.7. The molecule has 1 aromatic carbocycles. The smallest absolute Gasteiger partial charge is 0.257 e. The Kier molecular flexibility index (Phi) is 4.89. The molecule has 0 aliphatic heterocycles. The highest BCUT2D eigenvalue weighted by atomic mass is 32.2. The molecule has 2 rings (SSSR count). The van der Waals surface area contributed by atoms with Gasteiger partial charge in [0.15, 0.2) is 5.58 Å². The van der Waals surface area contributed by atoms with Gasteiger partial charge in [-0.15, -0.1) is 0 Å². The number of nitrogens with zero attached hydrogens (tertiary/aromatic N) is 1. The minimum Gasteiger partial charge on any atom is -0.431 e. The van der Waals surface area contributed by atoms with Gasteiger partial charge in [-0.1, -0.05) is 25.1 Å². The van der Waals surface area contributed by atoms with Gasteiger partial charge in [-0.25, -0.2) is 4.98 Å². The van der Waals surface area contributed by atoms with Crippen LogP contribution >= 0.6 is 11.8 Å². The molecule has 0 saturated carbocycles. The fourth-order valence-corrected chi connectivity index (χ4v) is 2.49. The number of fused-ring (bicyclic) bond motifs is 1. The van der Waals surface area contributed by atoms with Gasteiger partial charge in [0.2, 0.25) is 5.91 Å². The highest BCUT2D eigenvalue weighted by molar-refractivity contribution is 8.00. The third kappa shape index (κ3) is 3.66. The maximum Gasteiger partial charge on any atom is 0.257 e. The minimum atomic E-state index is -0.239. The van der Waals surface area contributed by atoms with Crippen LogP contribution in [0.25, 0.3) is 11.1 Å². The lowest BCUT2D eigenvalue weighted by Gasteiger charge is -2.09. The second-order valence-corrected chi connectivity index (χ2v) is 5.90. The van der Waals surface area contributed by atoms with Gasteiger partial charge in [0.05, 0.1) is 5.25 Å². The Morgan fingerprint density at radius 3 is 3.10 bits per heavy atom. The molecule has 1 atom stereocenters. The average Bonchev–Trinajstić information content (AvgIpc) is 2.80. The number of oxazole rings is 1. The number of benzene rings is 1. The summed E-state index contributed by atoms with van der Waals surface area (Å²) >= 11 is 1.31. The van der Waals surface area contributed by atoms with Crippen LogP contribution in [0.4, 0.5) is 5.69 Å². The number of unbranched alkanes of at least 4 members (excludes halogenated alkanes) is 1. The molecule has 3 N–H and O–H groups in total. The van der Waals surface area contributed by atoms with Crippen LogP contribution in [-0.2, 0) is 4.79 Å². The van der Waals surface area contributed by atoms with Gasteiger partial charge in [0, 0.05) is 12.2 Å². The van der Waals surface area contributed by atoms with Gasteiger partial charge in [0.1, 0.15) is 5.52 Å². The van der Waals surface area contributed by atoms with Crippen molar-refractivity contribution in [2.75, 3.05) is 12.3 Å². The quantitative estimate of drug-likeness (QED) is 0.486. The Morgan fingerprint density at radius 1 is 1.55 bits per heavy atom. The molecule has 108 valence electrons. The number of hydrogen-bond acceptors (Lipinski definition) is 5. The van der Waals surface area contributed by atoms with E-state index < -0.39 is 0 Å². The van der Waals surface area contributed by atoms with Crippen LogP contribution in [-0.4, -0.2) is 22.7 Å². The first-order valence-corrected chi connectivity index (χ1v) is 7.58. The molecule has 0 fully saturated rings. The van der Waals surface area contributed by atoms with Crippen molar-refractivity contribution in [1.82, 2.24) is 10.3 Å². The standard InChI is InChI=1S/C14H19N3O2S/c1-3-4-7-16-13(18)9(2)20-14-17-11-8-10(15)5-6-12(11)19-14/h5-6,8-9H,3-4,7,15H2,1-2H3,(H,16,18). The van der Waals surface area contributed by atoms with Crippen molar-refractivity contribution in [3.8, 4) is 0 Å². The summed E-state index contributed by atoms with van der Waals surface area (Å²) < 4.78 is 5.59. The first-order valence-electron chi connectivity index (χ1n) is 6.70. The number of thioether (sulfide) groups is 1. The number of nitrogens with one attached hydrogen (secondary N) is 1. The number of anilines is 1. The molecule has 0 radical (unpaired) electrons. The largest absolute Gasteiger partial charge is 0.431 e. The molecular weight excluding hydrogens is 274 g/mol. The first-order chi connectivity index (χ1) is 9.60. The molecule has 1 amide bonds. The summed E-state index contributed by atoms with van der Waals surface area (Å²) in [6.07, 6.45) is 2.06. The van der Waals surface area contributed by atoms with E-state index in [9.17, 15) is 4.79 Å². The molecule has 6 heteroatoms. The van der Waals surface area contributed by atoms with E-state index >= 15 is 0 Å². The third-order valence-electron chi connectivity index (χ3n) is 2.87. The van der Waals surface area contributed by atoms with Gasteiger partial charge in [0.25, 0.3) is 5.22 Å². The highest BCUT2D eigenvalue weighted by Crippen LogP contribution is 2.27. The first kappa shape index (κ1) is 14.7. The summed E-state index contributed by atoms with van der Waals surface area (Å²) in [5, 5.41) is 3.15. The maximum absolute atomic E-state index is 11.9. The van der Waals surface area contributed by atoms with E-state index in [0.29, 0.717) is 28.6 Å². The Bertz CT molecular complexity index is 597. The molecule has 2 aromatic rings. The second-order valence-electron chi connectivity index (χ2n) is 4.61. The van der Waals surface area contributed by atoms with Crippen LogP contribution in [0.5, 0.6) is 0 Å². The van der Waals surface area contributed by atoms with E-state index in [-0.39, 0.29) is 11.2 Å². The fourth-order valence-electron chi connectivity index (χ4n) is 1.71. The van der Waals surface area contributed by atoms with Crippen molar-refractivity contribution in [3.05, 3.63) is 18.2 Å². The zero-order chi connectivity index (χ0) is 14.5. The summed E-state index contributed by atoms with van der Waals surface area (Å²) in [6, 6.07) is 5.31. The lowest BCUT2D eigenvalue weighted by molar-refractivity contribution is -0.120. The summed E-state index contributed by atoms with van der Waals surface area (Å²) in [5.74, 6) is 0.00483. The topological polar surface area (TPSA) is 81.2 Å². The second kappa shape index (κ2) is 6.65. The van der Waals surface area contributed by atoms with Crippen LogP contribution in [0.2, 0.25) is 0 Å². The summed E-state index contributed by atoms with van der Waals surface area (Å²) in [6.45, 7) is 4.65. The fraction of sp³-hybridized carbons (Fsp3) is 0.429. The molecule has 1 unspecified atom stereocenters. The molecule has 0 aliphatic rings. The third-order valence-corrected chi connectivity index (χ3v) is 3.81. The minimum absolute atomic E-state index is 0.00483. The van der Waals surface area contributed by atoms with E-state index in [1.807, 2.05) is 6.92 Å². The molecule has 20 heavy (non-hydrogen) atoms. The van der Waals surface area contributed by atoms with Crippen molar-refractivity contribution < 1.29 is 9.21 Å². The molecule has 1 aromatic heterocycles. The molecule has 0 spiro atoms. The van der Waals surface area contributed by atoms with Crippen LogP contribution in [0.15, 0.2) is 27.8 Å². The van der Waals surface area contributed by atoms with Crippen molar-refractivity contribution in [3.63, 3.8) is 0 Å². The Morgan fingerprint density at radius 2 is 2.35 bits per heavy atom. The number of hydrogen-bond donors (Lipinski definition) is 2. The van der Waals surface area contributed by atoms with Gasteiger partial charge in [-0.2, -0.15) is 0 Å². The van der Waals surface area contributed by atoms with Crippen molar-refractivity contribution >= 4 is 34.5 Å². The molecule has 0 saturated heterocycles. The predicted molar refractivity (Wildman–Crippen MR) is 81.7 cm³/mol. The van der Waals surface area contributed by atoms with Crippen LogP contribution in [0.3, 0.4) is 0 Å². The number of rotatable bonds is 6. The van der Waals surface area contributed by atoms with E-state index in [1.165, 1.54) is 11.8 Å².